The smallest absolute Gasteiger partial charge is 0.417 e. The lowest BCUT2D eigenvalue weighted by molar-refractivity contribution is 0.213. The zero-order valence-electron chi connectivity index (χ0n) is 15.1. The number of anilines is 1. The molecule has 2 N–H and O–H groups in total. The number of amides is 1. The first-order chi connectivity index (χ1) is 12.9. The number of para-hydroxylation sites is 1. The lowest BCUT2D eigenvalue weighted by Gasteiger charge is -2.26. The third-order valence-electron chi connectivity index (χ3n) is 4.46. The zero-order chi connectivity index (χ0) is 19.4. The van der Waals surface area contributed by atoms with E-state index >= 15 is 0 Å². The monoisotopic (exact) mass is 365 g/mol. The van der Waals surface area contributed by atoms with E-state index in [1.807, 2.05) is 30.3 Å². The molecule has 0 aromatic heterocycles. The molecule has 0 saturated carbocycles. The van der Waals surface area contributed by atoms with Crippen molar-refractivity contribution in [3.05, 3.63) is 89.7 Å². The SMILES string of the molecule is CC(C)(c1ccc(O)cc1)c1cccc(NC(=O)Oc2ccccc2F)c1. The van der Waals surface area contributed by atoms with Crippen LogP contribution in [0.5, 0.6) is 11.5 Å². The van der Waals surface area contributed by atoms with Gasteiger partial charge in [0.2, 0.25) is 0 Å². The highest BCUT2D eigenvalue weighted by Crippen LogP contribution is 2.33. The summed E-state index contributed by atoms with van der Waals surface area (Å²) in [6.45, 7) is 4.10. The molecule has 5 heteroatoms. The summed E-state index contributed by atoms with van der Waals surface area (Å²) in [4.78, 5) is 12.1. The molecule has 0 saturated heterocycles. The predicted molar refractivity (Wildman–Crippen MR) is 103 cm³/mol. The van der Waals surface area contributed by atoms with E-state index in [1.54, 1.807) is 24.3 Å². The lowest BCUT2D eigenvalue weighted by Crippen LogP contribution is -2.20. The molecule has 0 aliphatic rings. The molecule has 27 heavy (non-hydrogen) atoms. The second-order valence-corrected chi connectivity index (χ2v) is 6.70. The van der Waals surface area contributed by atoms with Crippen molar-refractivity contribution in [1.29, 1.82) is 0 Å². The Morgan fingerprint density at radius 3 is 2.37 bits per heavy atom. The Kier molecular flexibility index (Phi) is 5.12. The molecule has 0 fully saturated rings. The van der Waals surface area contributed by atoms with Gasteiger partial charge in [0.1, 0.15) is 5.75 Å². The summed E-state index contributed by atoms with van der Waals surface area (Å²) < 4.78 is 18.6. The second kappa shape index (κ2) is 7.50. The fourth-order valence-electron chi connectivity index (χ4n) is 2.80. The fraction of sp³-hybridized carbons (Fsp3) is 0.136. The number of rotatable bonds is 4. The topological polar surface area (TPSA) is 58.6 Å². The van der Waals surface area contributed by atoms with Crippen LogP contribution >= 0.6 is 0 Å². The largest absolute Gasteiger partial charge is 0.508 e. The van der Waals surface area contributed by atoms with Crippen molar-refractivity contribution < 1.29 is 19.0 Å². The van der Waals surface area contributed by atoms with Crippen LogP contribution in [-0.2, 0) is 5.41 Å². The van der Waals surface area contributed by atoms with Gasteiger partial charge in [-0.1, -0.05) is 50.2 Å². The van der Waals surface area contributed by atoms with Gasteiger partial charge in [-0.15, -0.1) is 0 Å². The maximum atomic E-state index is 13.6. The Balaban J connectivity index is 1.78. The van der Waals surface area contributed by atoms with E-state index in [0.29, 0.717) is 5.69 Å². The third kappa shape index (κ3) is 4.26. The quantitative estimate of drug-likeness (QED) is 0.645. The summed E-state index contributed by atoms with van der Waals surface area (Å²) >= 11 is 0. The van der Waals surface area contributed by atoms with Gasteiger partial charge in [0, 0.05) is 11.1 Å². The first-order valence-corrected chi connectivity index (χ1v) is 8.50. The van der Waals surface area contributed by atoms with Crippen molar-refractivity contribution in [2.45, 2.75) is 19.3 Å². The molecule has 0 heterocycles. The average Bonchev–Trinajstić information content (AvgIpc) is 2.64. The van der Waals surface area contributed by atoms with Crippen LogP contribution in [0.2, 0.25) is 0 Å². The van der Waals surface area contributed by atoms with Gasteiger partial charge in [-0.25, -0.2) is 9.18 Å². The molecule has 138 valence electrons. The van der Waals surface area contributed by atoms with Crippen LogP contribution in [0.1, 0.15) is 25.0 Å². The van der Waals surface area contributed by atoms with E-state index in [-0.39, 0.29) is 16.9 Å². The van der Waals surface area contributed by atoms with Crippen molar-refractivity contribution in [2.75, 3.05) is 5.32 Å². The Morgan fingerprint density at radius 1 is 0.963 bits per heavy atom. The van der Waals surface area contributed by atoms with Crippen LogP contribution in [0, 0.1) is 5.82 Å². The van der Waals surface area contributed by atoms with Crippen molar-refractivity contribution >= 4 is 11.8 Å². The molecule has 3 aromatic carbocycles. The highest BCUT2D eigenvalue weighted by molar-refractivity contribution is 5.86. The van der Waals surface area contributed by atoms with Gasteiger partial charge >= 0.3 is 6.09 Å². The van der Waals surface area contributed by atoms with Gasteiger partial charge in [0.25, 0.3) is 0 Å². The van der Waals surface area contributed by atoms with Crippen LogP contribution in [-0.4, -0.2) is 11.2 Å². The van der Waals surface area contributed by atoms with E-state index in [0.717, 1.165) is 11.1 Å². The molecule has 3 aromatic rings. The van der Waals surface area contributed by atoms with E-state index in [9.17, 15) is 14.3 Å². The normalized spacial score (nSPS) is 11.1. The Labute approximate surface area is 157 Å². The van der Waals surface area contributed by atoms with Gasteiger partial charge in [0.15, 0.2) is 11.6 Å². The Morgan fingerprint density at radius 2 is 1.67 bits per heavy atom. The highest BCUT2D eigenvalue weighted by Gasteiger charge is 2.23. The van der Waals surface area contributed by atoms with Crippen molar-refractivity contribution in [2.24, 2.45) is 0 Å². The summed E-state index contributed by atoms with van der Waals surface area (Å²) in [6.07, 6.45) is -0.764. The number of benzene rings is 3. The molecule has 0 aliphatic carbocycles. The number of phenolic OH excluding ortho intramolecular Hbond substituents is 1. The molecule has 0 bridgehead atoms. The number of hydrogen-bond donors (Lipinski definition) is 2. The van der Waals surface area contributed by atoms with Crippen molar-refractivity contribution in [3.63, 3.8) is 0 Å². The number of phenols is 1. The lowest BCUT2D eigenvalue weighted by atomic mass is 9.78. The molecule has 0 unspecified atom stereocenters. The summed E-state index contributed by atoms with van der Waals surface area (Å²) in [6, 6.07) is 20.1. The predicted octanol–water partition coefficient (Wildman–Crippen LogP) is 5.47. The van der Waals surface area contributed by atoms with Gasteiger partial charge in [0.05, 0.1) is 0 Å². The molecular formula is C22H20FNO3. The summed E-state index contributed by atoms with van der Waals surface area (Å²) in [7, 11) is 0. The van der Waals surface area contributed by atoms with Crippen LogP contribution in [0.3, 0.4) is 0 Å². The van der Waals surface area contributed by atoms with Crippen molar-refractivity contribution in [1.82, 2.24) is 0 Å². The fourth-order valence-corrected chi connectivity index (χ4v) is 2.80. The number of nitrogens with one attached hydrogen (secondary N) is 1. The second-order valence-electron chi connectivity index (χ2n) is 6.70. The molecule has 0 aliphatic heterocycles. The minimum atomic E-state index is -0.764. The van der Waals surface area contributed by atoms with Gasteiger partial charge in [-0.05, 0) is 47.5 Å². The number of ether oxygens (including phenoxy) is 1. The zero-order valence-corrected chi connectivity index (χ0v) is 15.1. The number of carbonyl (C=O) groups excluding carboxylic acids is 1. The first-order valence-electron chi connectivity index (χ1n) is 8.50. The number of halogens is 1. The number of hydrogen-bond acceptors (Lipinski definition) is 3. The minimum Gasteiger partial charge on any atom is -0.508 e. The molecule has 0 spiro atoms. The molecule has 0 radical (unpaired) electrons. The van der Waals surface area contributed by atoms with Crippen LogP contribution in [0.15, 0.2) is 72.8 Å². The first kappa shape index (κ1) is 18.5. The summed E-state index contributed by atoms with van der Waals surface area (Å²) in [5, 5.41) is 12.1. The van der Waals surface area contributed by atoms with E-state index in [2.05, 4.69) is 19.2 Å². The molecule has 4 nitrogen and oxygen atoms in total. The van der Waals surface area contributed by atoms with E-state index in [4.69, 9.17) is 4.74 Å². The summed E-state index contributed by atoms with van der Waals surface area (Å²) in [5.74, 6) is -0.522. The minimum absolute atomic E-state index is 0.129. The maximum absolute atomic E-state index is 13.6. The van der Waals surface area contributed by atoms with Crippen LogP contribution < -0.4 is 10.1 Å². The van der Waals surface area contributed by atoms with Gasteiger partial charge < -0.3 is 9.84 Å². The van der Waals surface area contributed by atoms with Gasteiger partial charge in [-0.2, -0.15) is 0 Å². The number of aromatic hydroxyl groups is 1. The molecular weight excluding hydrogens is 345 g/mol. The van der Waals surface area contributed by atoms with Gasteiger partial charge in [-0.3, -0.25) is 5.32 Å². The Hall–Kier alpha value is -3.34. The molecule has 0 atom stereocenters. The van der Waals surface area contributed by atoms with E-state index < -0.39 is 11.9 Å². The highest BCUT2D eigenvalue weighted by atomic mass is 19.1. The number of carbonyl (C=O) groups is 1. The van der Waals surface area contributed by atoms with Crippen LogP contribution in [0.25, 0.3) is 0 Å². The Bertz CT molecular complexity index is 952. The maximum Gasteiger partial charge on any atom is 0.417 e. The molecule has 1 amide bonds. The third-order valence-corrected chi connectivity index (χ3v) is 4.46. The average molecular weight is 365 g/mol. The molecule has 3 rings (SSSR count). The summed E-state index contributed by atoms with van der Waals surface area (Å²) in [5.41, 5.74) is 2.19. The standard InChI is InChI=1S/C22H20FNO3/c1-22(2,15-10-12-18(25)13-11-15)16-6-5-7-17(14-16)24-21(26)27-20-9-4-3-8-19(20)23/h3-14,25H,1-2H3,(H,24,26). The van der Waals surface area contributed by atoms with Crippen molar-refractivity contribution in [3.8, 4) is 11.5 Å². The van der Waals surface area contributed by atoms with E-state index in [1.165, 1.54) is 18.2 Å². The van der Waals surface area contributed by atoms with Crippen LogP contribution in [0.4, 0.5) is 14.9 Å².